The fourth-order valence-electron chi connectivity index (χ4n) is 0.967. The molecule has 1 N–H and O–H groups in total. The second-order valence-corrected chi connectivity index (χ2v) is 3.74. The average molecular weight is 294 g/mol. The topological polar surface area (TPSA) is 62.7 Å². The van der Waals surface area contributed by atoms with E-state index in [2.05, 4.69) is 16.9 Å². The molecule has 1 aromatic heterocycles. The number of nitrogens with zero attached hydrogens (tertiary/aromatic N) is 2. The first-order valence-electron chi connectivity index (χ1n) is 5.75. The van der Waals surface area contributed by atoms with Crippen molar-refractivity contribution < 1.29 is 27.8 Å². The fourth-order valence-corrected chi connectivity index (χ4v) is 0.967. The lowest BCUT2D eigenvalue weighted by Gasteiger charge is -2.21. The largest absolute Gasteiger partial charge is 0.490 e. The average Bonchev–Trinajstić information content (AvgIpc) is 2.42. The smallest absolute Gasteiger partial charge is 0.475 e. The van der Waals surface area contributed by atoms with E-state index in [4.69, 9.17) is 14.6 Å². The molecule has 2 rings (SSSR count). The van der Waals surface area contributed by atoms with Crippen molar-refractivity contribution in [2.75, 3.05) is 33.4 Å². The molecule has 0 aromatic carbocycles. The molecule has 5 nitrogen and oxygen atoms in total. The third-order valence-corrected chi connectivity index (χ3v) is 2.04. The van der Waals surface area contributed by atoms with E-state index in [1.165, 1.54) is 0 Å². The zero-order valence-corrected chi connectivity index (χ0v) is 11.0. The van der Waals surface area contributed by atoms with Crippen LogP contribution in [0.4, 0.5) is 13.2 Å². The van der Waals surface area contributed by atoms with Crippen LogP contribution in [-0.4, -0.2) is 60.5 Å². The van der Waals surface area contributed by atoms with Gasteiger partial charge < -0.3 is 14.7 Å². The van der Waals surface area contributed by atoms with Gasteiger partial charge in [0.2, 0.25) is 0 Å². The van der Waals surface area contributed by atoms with Crippen LogP contribution in [0.3, 0.4) is 0 Å². The van der Waals surface area contributed by atoms with E-state index in [1.54, 1.807) is 12.4 Å². The molecule has 1 fully saturated rings. The van der Waals surface area contributed by atoms with E-state index in [1.807, 2.05) is 18.2 Å². The van der Waals surface area contributed by atoms with Gasteiger partial charge >= 0.3 is 12.1 Å². The highest BCUT2D eigenvalue weighted by atomic mass is 19.4. The molecular formula is C12H17F3N2O3. The summed E-state index contributed by atoms with van der Waals surface area (Å²) in [5.41, 5.74) is 0. The van der Waals surface area contributed by atoms with Gasteiger partial charge in [0, 0.05) is 25.5 Å². The number of aromatic nitrogens is 1. The molecule has 1 aliphatic rings. The Bertz CT molecular complexity index is 328. The molecule has 1 aromatic rings. The fraction of sp³-hybridized carbons (Fsp3) is 0.500. The second-order valence-electron chi connectivity index (χ2n) is 3.74. The molecule has 0 aliphatic carbocycles. The maximum atomic E-state index is 10.6. The minimum absolute atomic E-state index is 0.913. The standard InChI is InChI=1S/C5H11NO.C5H5N.C2HF3O2/c1-6-2-4-7-5-3-6;1-2-4-6-5-3-1;3-2(4,5)1(6)7/h2-5H2,1H3;1-5H;(H,6,7). The maximum absolute atomic E-state index is 10.6. The van der Waals surface area contributed by atoms with Crippen molar-refractivity contribution in [2.24, 2.45) is 0 Å². The molecule has 1 aliphatic heterocycles. The SMILES string of the molecule is CN1CCOCC1.O=C(O)C(F)(F)F.c1ccncc1. The molecule has 2 heterocycles. The number of pyridine rings is 1. The highest BCUT2D eigenvalue weighted by molar-refractivity contribution is 5.73. The first-order chi connectivity index (χ1) is 9.34. The summed E-state index contributed by atoms with van der Waals surface area (Å²) in [5, 5.41) is 7.12. The molecule has 0 unspecified atom stereocenters. The van der Waals surface area contributed by atoms with Gasteiger partial charge in [-0.1, -0.05) is 6.07 Å². The number of aliphatic carboxylic acids is 1. The lowest BCUT2D eigenvalue weighted by Crippen LogP contribution is -2.32. The van der Waals surface area contributed by atoms with Gasteiger partial charge in [0.15, 0.2) is 0 Å². The first kappa shape index (κ1) is 18.3. The molecule has 8 heteroatoms. The van der Waals surface area contributed by atoms with Gasteiger partial charge in [0.1, 0.15) is 0 Å². The van der Waals surface area contributed by atoms with Gasteiger partial charge in [-0.25, -0.2) is 4.79 Å². The summed E-state index contributed by atoms with van der Waals surface area (Å²) in [4.78, 5) is 14.9. The number of carboxylic acid groups (broad SMARTS) is 1. The summed E-state index contributed by atoms with van der Waals surface area (Å²) in [6.45, 7) is 4.02. The Kier molecular flexibility index (Phi) is 9.31. The number of alkyl halides is 3. The van der Waals surface area contributed by atoms with Gasteiger partial charge in [-0.15, -0.1) is 0 Å². The first-order valence-corrected chi connectivity index (χ1v) is 5.75. The number of carbonyl (C=O) groups is 1. The van der Waals surface area contributed by atoms with Gasteiger partial charge in [0.25, 0.3) is 0 Å². The van der Waals surface area contributed by atoms with Crippen molar-refractivity contribution in [3.05, 3.63) is 30.6 Å². The number of carboxylic acids is 1. The van der Waals surface area contributed by atoms with E-state index >= 15 is 0 Å². The zero-order valence-electron chi connectivity index (χ0n) is 11.0. The molecule has 0 radical (unpaired) electrons. The Balaban J connectivity index is 0.000000271. The highest BCUT2D eigenvalue weighted by Crippen LogP contribution is 2.13. The van der Waals surface area contributed by atoms with Crippen molar-refractivity contribution in [1.29, 1.82) is 0 Å². The van der Waals surface area contributed by atoms with Crippen LogP contribution in [0.25, 0.3) is 0 Å². The Morgan fingerprint density at radius 3 is 1.80 bits per heavy atom. The summed E-state index contributed by atoms with van der Waals surface area (Å²) in [5.74, 6) is -2.76. The third kappa shape index (κ3) is 11.4. The highest BCUT2D eigenvalue weighted by Gasteiger charge is 2.38. The molecule has 0 bridgehead atoms. The van der Waals surface area contributed by atoms with Gasteiger partial charge in [-0.2, -0.15) is 13.2 Å². The Morgan fingerprint density at radius 1 is 1.20 bits per heavy atom. The van der Waals surface area contributed by atoms with E-state index in [9.17, 15) is 13.2 Å². The third-order valence-electron chi connectivity index (χ3n) is 2.04. The molecular weight excluding hydrogens is 277 g/mol. The van der Waals surface area contributed by atoms with E-state index in [0.717, 1.165) is 26.3 Å². The van der Waals surface area contributed by atoms with Crippen LogP contribution in [0, 0.1) is 0 Å². The lowest BCUT2D eigenvalue weighted by atomic mass is 10.5. The quantitative estimate of drug-likeness (QED) is 0.788. The summed E-state index contributed by atoms with van der Waals surface area (Å²) in [7, 11) is 2.11. The van der Waals surface area contributed by atoms with E-state index in [0.29, 0.717) is 0 Å². The van der Waals surface area contributed by atoms with Crippen molar-refractivity contribution >= 4 is 5.97 Å². The van der Waals surface area contributed by atoms with Gasteiger partial charge in [-0.3, -0.25) is 4.98 Å². The van der Waals surface area contributed by atoms with Crippen LogP contribution in [-0.2, 0) is 9.53 Å². The number of likely N-dealkylation sites (N-methyl/N-ethyl adjacent to an activating group) is 1. The number of morpholine rings is 1. The predicted molar refractivity (Wildman–Crippen MR) is 66.2 cm³/mol. The van der Waals surface area contributed by atoms with Gasteiger partial charge in [0.05, 0.1) is 13.2 Å². The molecule has 0 atom stereocenters. The molecule has 0 saturated carbocycles. The van der Waals surface area contributed by atoms with Crippen molar-refractivity contribution in [3.8, 4) is 0 Å². The molecule has 20 heavy (non-hydrogen) atoms. The summed E-state index contributed by atoms with van der Waals surface area (Å²) >= 11 is 0. The number of rotatable bonds is 0. The van der Waals surface area contributed by atoms with Crippen molar-refractivity contribution in [2.45, 2.75) is 6.18 Å². The van der Waals surface area contributed by atoms with Crippen LogP contribution in [0.1, 0.15) is 0 Å². The molecule has 1 saturated heterocycles. The summed E-state index contributed by atoms with van der Waals surface area (Å²) < 4.78 is 36.8. The molecule has 0 spiro atoms. The minimum atomic E-state index is -5.08. The van der Waals surface area contributed by atoms with Crippen LogP contribution in [0.2, 0.25) is 0 Å². The number of hydrogen-bond donors (Lipinski definition) is 1. The number of ether oxygens (including phenoxy) is 1. The monoisotopic (exact) mass is 294 g/mol. The second kappa shape index (κ2) is 10.2. The van der Waals surface area contributed by atoms with Crippen LogP contribution in [0.15, 0.2) is 30.6 Å². The van der Waals surface area contributed by atoms with Crippen molar-refractivity contribution in [3.63, 3.8) is 0 Å². The lowest BCUT2D eigenvalue weighted by molar-refractivity contribution is -0.192. The predicted octanol–water partition coefficient (Wildman–Crippen LogP) is 1.66. The van der Waals surface area contributed by atoms with Gasteiger partial charge in [-0.05, 0) is 19.2 Å². The maximum Gasteiger partial charge on any atom is 0.490 e. The van der Waals surface area contributed by atoms with Crippen LogP contribution in [0.5, 0.6) is 0 Å². The van der Waals surface area contributed by atoms with E-state index < -0.39 is 12.1 Å². The zero-order chi connectivity index (χ0) is 15.4. The van der Waals surface area contributed by atoms with E-state index in [-0.39, 0.29) is 0 Å². The van der Waals surface area contributed by atoms with Crippen LogP contribution < -0.4 is 0 Å². The summed E-state index contributed by atoms with van der Waals surface area (Å²) in [6, 6.07) is 5.72. The Labute approximate surface area is 115 Å². The minimum Gasteiger partial charge on any atom is -0.475 e. The molecule has 114 valence electrons. The number of hydrogen-bond acceptors (Lipinski definition) is 4. The van der Waals surface area contributed by atoms with Crippen molar-refractivity contribution in [1.82, 2.24) is 9.88 Å². The summed E-state index contributed by atoms with van der Waals surface area (Å²) in [6.07, 6.45) is -1.58. The Morgan fingerprint density at radius 2 is 1.65 bits per heavy atom. The normalized spacial score (nSPS) is 15.2. The number of halogens is 3. The van der Waals surface area contributed by atoms with Crippen LogP contribution >= 0.6 is 0 Å². The Hall–Kier alpha value is -1.67. The molecule has 0 amide bonds.